The number of halogens is 2. The average molecular weight is 371 g/mol. The number of rotatable bonds is 3. The van der Waals surface area contributed by atoms with Gasteiger partial charge in [0.2, 0.25) is 0 Å². The van der Waals surface area contributed by atoms with Gasteiger partial charge in [0.15, 0.2) is 4.32 Å². The minimum Gasteiger partial charge on any atom is -0.455 e. The molecule has 22 heavy (non-hydrogen) atoms. The fourth-order valence-electron chi connectivity index (χ4n) is 1.83. The summed E-state index contributed by atoms with van der Waals surface area (Å²) in [5, 5.41) is 6.29. The predicted octanol–water partition coefficient (Wildman–Crippen LogP) is 4.45. The summed E-state index contributed by atoms with van der Waals surface area (Å²) < 4.78 is 6.09. The van der Waals surface area contributed by atoms with Crippen LogP contribution in [-0.2, 0) is 4.79 Å². The number of thioether (sulfide) groups is 1. The highest BCUT2D eigenvalue weighted by Crippen LogP contribution is 2.31. The molecule has 0 bridgehead atoms. The minimum atomic E-state index is -0.140. The quantitative estimate of drug-likeness (QED) is 0.591. The molecule has 112 valence electrons. The fourth-order valence-corrected chi connectivity index (χ4v) is 3.30. The Morgan fingerprint density at radius 3 is 2.82 bits per heavy atom. The highest BCUT2D eigenvalue weighted by atomic mass is 35.5. The molecule has 1 fully saturated rings. The first-order chi connectivity index (χ1) is 10.5. The Balaban J connectivity index is 1.82. The molecule has 0 N–H and O–H groups in total. The zero-order valence-corrected chi connectivity index (χ0v) is 14.1. The van der Waals surface area contributed by atoms with Crippen LogP contribution in [0.1, 0.15) is 5.76 Å². The van der Waals surface area contributed by atoms with E-state index in [0.717, 1.165) is 5.56 Å². The molecule has 1 aromatic carbocycles. The summed E-state index contributed by atoms with van der Waals surface area (Å²) in [5.41, 5.74) is 0.731. The molecule has 2 heterocycles. The topological polar surface area (TPSA) is 45.8 Å². The lowest BCUT2D eigenvalue weighted by atomic mass is 10.2. The smallest absolute Gasteiger partial charge is 0.259 e. The lowest BCUT2D eigenvalue weighted by molar-refractivity contribution is -0.123. The number of carbonyl (C=O) groups is 1. The summed E-state index contributed by atoms with van der Waals surface area (Å²) in [6.45, 7) is 0. The summed E-state index contributed by atoms with van der Waals surface area (Å²) in [5.74, 6) is 1.26. The Hall–Kier alpha value is -1.34. The van der Waals surface area contributed by atoms with Crippen LogP contribution in [0.15, 0.2) is 39.9 Å². The molecule has 0 unspecified atom stereocenters. The summed E-state index contributed by atoms with van der Waals surface area (Å²) in [6, 6.07) is 8.67. The van der Waals surface area contributed by atoms with Gasteiger partial charge in [0, 0.05) is 10.6 Å². The van der Waals surface area contributed by atoms with Gasteiger partial charge in [0.05, 0.1) is 17.0 Å². The van der Waals surface area contributed by atoms with E-state index < -0.39 is 0 Å². The third kappa shape index (κ3) is 3.20. The van der Waals surface area contributed by atoms with Crippen LogP contribution in [0.5, 0.6) is 0 Å². The van der Waals surface area contributed by atoms with Crippen molar-refractivity contribution in [2.75, 3.05) is 5.75 Å². The third-order valence-corrected chi connectivity index (χ3v) is 4.74. The lowest BCUT2D eigenvalue weighted by Gasteiger charge is -2.05. The van der Waals surface area contributed by atoms with Crippen LogP contribution in [-0.4, -0.2) is 27.2 Å². The van der Waals surface area contributed by atoms with E-state index in [1.54, 1.807) is 30.3 Å². The van der Waals surface area contributed by atoms with Crippen molar-refractivity contribution in [1.82, 2.24) is 5.01 Å². The number of hydrazone groups is 1. The Morgan fingerprint density at radius 1 is 1.32 bits per heavy atom. The van der Waals surface area contributed by atoms with E-state index in [1.807, 2.05) is 0 Å². The van der Waals surface area contributed by atoms with Crippen LogP contribution >= 0.6 is 47.2 Å². The van der Waals surface area contributed by atoms with Crippen molar-refractivity contribution in [3.63, 3.8) is 0 Å². The van der Waals surface area contributed by atoms with Gasteiger partial charge in [-0.05, 0) is 30.3 Å². The Morgan fingerprint density at radius 2 is 2.14 bits per heavy atom. The second-order valence-electron chi connectivity index (χ2n) is 4.33. The predicted molar refractivity (Wildman–Crippen MR) is 93.7 cm³/mol. The number of nitrogens with zero attached hydrogens (tertiary/aromatic N) is 2. The number of hydrogen-bond donors (Lipinski definition) is 0. The van der Waals surface area contributed by atoms with E-state index >= 15 is 0 Å². The van der Waals surface area contributed by atoms with Gasteiger partial charge in [-0.25, -0.2) is 0 Å². The SMILES string of the molecule is O=C1CSC(=S)N1N=Cc1ccc(-c2ccc(Cl)cc2Cl)o1. The highest BCUT2D eigenvalue weighted by Gasteiger charge is 2.26. The van der Waals surface area contributed by atoms with Crippen LogP contribution in [0.3, 0.4) is 0 Å². The molecule has 8 heteroatoms. The number of thiocarbonyl (C=S) groups is 1. The van der Waals surface area contributed by atoms with Crippen LogP contribution in [0.25, 0.3) is 11.3 Å². The molecule has 1 amide bonds. The summed E-state index contributed by atoms with van der Waals surface area (Å²) in [4.78, 5) is 11.6. The first-order valence-electron chi connectivity index (χ1n) is 6.13. The number of hydrogen-bond acceptors (Lipinski definition) is 5. The molecule has 4 nitrogen and oxygen atoms in total. The van der Waals surface area contributed by atoms with Crippen molar-refractivity contribution in [2.45, 2.75) is 0 Å². The van der Waals surface area contributed by atoms with Crippen LogP contribution in [0.2, 0.25) is 10.0 Å². The van der Waals surface area contributed by atoms with E-state index in [1.165, 1.54) is 23.0 Å². The second-order valence-corrected chi connectivity index (χ2v) is 6.78. The molecular formula is C14H8Cl2N2O2S2. The molecule has 0 aliphatic carbocycles. The van der Waals surface area contributed by atoms with Gasteiger partial charge < -0.3 is 4.42 Å². The molecule has 1 aliphatic heterocycles. The van der Waals surface area contributed by atoms with Gasteiger partial charge in [-0.15, -0.1) is 0 Å². The third-order valence-electron chi connectivity index (χ3n) is 2.85. The second kappa shape index (κ2) is 6.42. The minimum absolute atomic E-state index is 0.140. The van der Waals surface area contributed by atoms with Gasteiger partial charge in [-0.3, -0.25) is 4.79 Å². The molecule has 2 aromatic rings. The standard InChI is InChI=1S/C14H8Cl2N2O2S2/c15-8-1-3-10(11(16)5-8)12-4-2-9(20-12)6-17-18-13(19)7-22-14(18)21/h1-6H,7H2. The molecule has 0 atom stereocenters. The molecule has 1 aromatic heterocycles. The average Bonchev–Trinajstić information content (AvgIpc) is 3.05. The molecule has 0 saturated carbocycles. The monoisotopic (exact) mass is 370 g/mol. The van der Waals surface area contributed by atoms with Crippen LogP contribution < -0.4 is 0 Å². The van der Waals surface area contributed by atoms with Gasteiger partial charge in [-0.2, -0.15) is 10.1 Å². The van der Waals surface area contributed by atoms with Crippen LogP contribution in [0, 0.1) is 0 Å². The maximum atomic E-state index is 11.6. The lowest BCUT2D eigenvalue weighted by Crippen LogP contribution is -2.22. The van der Waals surface area contributed by atoms with Crippen molar-refractivity contribution < 1.29 is 9.21 Å². The van der Waals surface area contributed by atoms with E-state index in [4.69, 9.17) is 39.8 Å². The first kappa shape index (κ1) is 15.6. The van der Waals surface area contributed by atoms with Crippen molar-refractivity contribution in [1.29, 1.82) is 0 Å². The van der Waals surface area contributed by atoms with E-state index in [-0.39, 0.29) is 5.91 Å². The van der Waals surface area contributed by atoms with E-state index in [0.29, 0.717) is 31.6 Å². The molecule has 0 spiro atoms. The van der Waals surface area contributed by atoms with Crippen LogP contribution in [0.4, 0.5) is 0 Å². The molecule has 1 saturated heterocycles. The number of benzene rings is 1. The molecule has 3 rings (SSSR count). The number of amides is 1. The zero-order valence-electron chi connectivity index (χ0n) is 11.0. The Bertz CT molecular complexity index is 773. The highest BCUT2D eigenvalue weighted by molar-refractivity contribution is 8.23. The zero-order chi connectivity index (χ0) is 15.7. The van der Waals surface area contributed by atoms with Gasteiger partial charge in [-0.1, -0.05) is 47.2 Å². The van der Waals surface area contributed by atoms with Crippen molar-refractivity contribution >= 4 is 63.6 Å². The maximum Gasteiger partial charge on any atom is 0.259 e. The molecular weight excluding hydrogens is 363 g/mol. The Labute approximate surface area is 146 Å². The normalized spacial score (nSPS) is 15.3. The summed E-state index contributed by atoms with van der Waals surface area (Å²) in [6.07, 6.45) is 1.45. The maximum absolute atomic E-state index is 11.6. The van der Waals surface area contributed by atoms with Crippen molar-refractivity contribution in [3.8, 4) is 11.3 Å². The first-order valence-corrected chi connectivity index (χ1v) is 8.28. The van der Waals surface area contributed by atoms with Gasteiger partial charge in [0.25, 0.3) is 5.91 Å². The number of carbonyl (C=O) groups excluding carboxylic acids is 1. The van der Waals surface area contributed by atoms with E-state index in [9.17, 15) is 4.79 Å². The number of furan rings is 1. The molecule has 1 aliphatic rings. The Kier molecular flexibility index (Phi) is 4.54. The van der Waals surface area contributed by atoms with Crippen molar-refractivity contribution in [2.24, 2.45) is 5.10 Å². The summed E-state index contributed by atoms with van der Waals surface area (Å²) in [7, 11) is 0. The summed E-state index contributed by atoms with van der Waals surface area (Å²) >= 11 is 18.3. The van der Waals surface area contributed by atoms with Crippen molar-refractivity contribution in [3.05, 3.63) is 46.1 Å². The molecule has 0 radical (unpaired) electrons. The van der Waals surface area contributed by atoms with Gasteiger partial charge >= 0.3 is 0 Å². The fraction of sp³-hybridized carbons (Fsp3) is 0.0714. The largest absolute Gasteiger partial charge is 0.455 e. The van der Waals surface area contributed by atoms with Gasteiger partial charge in [0.1, 0.15) is 11.5 Å². The van der Waals surface area contributed by atoms with E-state index in [2.05, 4.69) is 5.10 Å².